The number of nitrogens with zero attached hydrogens (tertiary/aromatic N) is 2. The summed E-state index contributed by atoms with van der Waals surface area (Å²) in [5.41, 5.74) is 0. The van der Waals surface area contributed by atoms with Crippen LogP contribution in [0.25, 0.3) is 0 Å². The fraction of sp³-hybridized carbons (Fsp3) is 1.00. The minimum atomic E-state index is 0.887. The summed E-state index contributed by atoms with van der Waals surface area (Å²) < 4.78 is 0. The molecule has 2 aliphatic rings. The second-order valence-corrected chi connectivity index (χ2v) is 4.43. The third-order valence-electron chi connectivity index (χ3n) is 3.45. The van der Waals surface area contributed by atoms with E-state index in [9.17, 15) is 0 Å². The van der Waals surface area contributed by atoms with Gasteiger partial charge in [0.2, 0.25) is 0 Å². The maximum Gasteiger partial charge on any atom is 0.0235 e. The van der Waals surface area contributed by atoms with Crippen LogP contribution < -0.4 is 0 Å². The Balaban J connectivity index is 1.74. The normalized spacial score (nSPS) is 34.0. The standard InChI is InChI=1S/C10H20N2/c1-3-9-6-12(7-9)10-4-5-11(2)8-10/h9-10H,3-8H2,1-2H3. The molecule has 0 bridgehead atoms. The van der Waals surface area contributed by atoms with Crippen molar-refractivity contribution >= 4 is 0 Å². The maximum atomic E-state index is 2.66. The summed E-state index contributed by atoms with van der Waals surface area (Å²) in [7, 11) is 2.23. The molecule has 0 saturated carbocycles. The molecule has 0 radical (unpaired) electrons. The van der Waals surface area contributed by atoms with Gasteiger partial charge in [0.25, 0.3) is 0 Å². The van der Waals surface area contributed by atoms with Gasteiger partial charge in [0, 0.05) is 25.7 Å². The lowest BCUT2D eigenvalue weighted by atomic mass is 9.95. The molecule has 2 saturated heterocycles. The Morgan fingerprint density at radius 2 is 2.00 bits per heavy atom. The third-order valence-corrected chi connectivity index (χ3v) is 3.45. The molecule has 2 heteroatoms. The third kappa shape index (κ3) is 1.50. The van der Waals surface area contributed by atoms with E-state index in [4.69, 9.17) is 0 Å². The van der Waals surface area contributed by atoms with E-state index in [0.717, 1.165) is 12.0 Å². The highest BCUT2D eigenvalue weighted by atomic mass is 15.3. The molecule has 2 nitrogen and oxygen atoms in total. The van der Waals surface area contributed by atoms with E-state index in [1.807, 2.05) is 0 Å². The lowest BCUT2D eigenvalue weighted by molar-refractivity contribution is 0.0549. The lowest BCUT2D eigenvalue weighted by Gasteiger charge is -2.42. The van der Waals surface area contributed by atoms with Crippen molar-refractivity contribution in [2.75, 3.05) is 33.2 Å². The van der Waals surface area contributed by atoms with Crippen molar-refractivity contribution in [3.63, 3.8) is 0 Å². The summed E-state index contributed by atoms with van der Waals surface area (Å²) in [5, 5.41) is 0. The molecule has 2 heterocycles. The Labute approximate surface area is 75.5 Å². The average molecular weight is 168 g/mol. The number of hydrogen-bond donors (Lipinski definition) is 0. The highest BCUT2D eigenvalue weighted by Crippen LogP contribution is 2.25. The molecule has 0 aromatic rings. The summed E-state index contributed by atoms with van der Waals surface area (Å²) in [6, 6.07) is 0.887. The molecular weight excluding hydrogens is 148 g/mol. The molecule has 2 aliphatic heterocycles. The van der Waals surface area contributed by atoms with E-state index in [2.05, 4.69) is 23.8 Å². The fourth-order valence-corrected chi connectivity index (χ4v) is 2.38. The van der Waals surface area contributed by atoms with Crippen molar-refractivity contribution in [3.8, 4) is 0 Å². The van der Waals surface area contributed by atoms with Gasteiger partial charge in [-0.25, -0.2) is 0 Å². The second kappa shape index (κ2) is 3.35. The Kier molecular flexibility index (Phi) is 2.37. The fourth-order valence-electron chi connectivity index (χ4n) is 2.38. The second-order valence-electron chi connectivity index (χ2n) is 4.43. The molecule has 0 aromatic carbocycles. The van der Waals surface area contributed by atoms with Crippen LogP contribution in [0.3, 0.4) is 0 Å². The van der Waals surface area contributed by atoms with Gasteiger partial charge in [-0.15, -0.1) is 0 Å². The predicted molar refractivity (Wildman–Crippen MR) is 51.3 cm³/mol. The Morgan fingerprint density at radius 1 is 1.25 bits per heavy atom. The van der Waals surface area contributed by atoms with Crippen LogP contribution in [0.2, 0.25) is 0 Å². The molecule has 12 heavy (non-hydrogen) atoms. The predicted octanol–water partition coefficient (Wildman–Crippen LogP) is 1.03. The molecule has 0 N–H and O–H groups in total. The molecule has 0 aromatic heterocycles. The van der Waals surface area contributed by atoms with Crippen LogP contribution in [0.4, 0.5) is 0 Å². The highest BCUT2D eigenvalue weighted by Gasteiger charge is 2.33. The van der Waals surface area contributed by atoms with Gasteiger partial charge in [-0.05, 0) is 25.9 Å². The Bertz CT molecular complexity index is 152. The van der Waals surface area contributed by atoms with Crippen molar-refractivity contribution in [3.05, 3.63) is 0 Å². The summed E-state index contributed by atoms with van der Waals surface area (Å²) in [4.78, 5) is 5.11. The van der Waals surface area contributed by atoms with Gasteiger partial charge < -0.3 is 4.90 Å². The molecule has 1 unspecified atom stereocenters. The first-order valence-corrected chi connectivity index (χ1v) is 5.22. The summed E-state index contributed by atoms with van der Waals surface area (Å²) >= 11 is 0. The minimum Gasteiger partial charge on any atom is -0.305 e. The zero-order chi connectivity index (χ0) is 8.55. The summed E-state index contributed by atoms with van der Waals surface area (Å²) in [5.74, 6) is 1.01. The minimum absolute atomic E-state index is 0.887. The van der Waals surface area contributed by atoms with Gasteiger partial charge >= 0.3 is 0 Å². The lowest BCUT2D eigenvalue weighted by Crippen LogP contribution is -2.52. The molecule has 0 amide bonds. The van der Waals surface area contributed by atoms with Crippen molar-refractivity contribution in [2.24, 2.45) is 5.92 Å². The van der Waals surface area contributed by atoms with Crippen LogP contribution >= 0.6 is 0 Å². The van der Waals surface area contributed by atoms with Crippen molar-refractivity contribution in [1.82, 2.24) is 9.80 Å². The quantitative estimate of drug-likeness (QED) is 0.607. The zero-order valence-corrected chi connectivity index (χ0v) is 8.29. The van der Waals surface area contributed by atoms with Crippen LogP contribution in [0.5, 0.6) is 0 Å². The van der Waals surface area contributed by atoms with E-state index < -0.39 is 0 Å². The average Bonchev–Trinajstić information content (AvgIpc) is 2.34. The van der Waals surface area contributed by atoms with Gasteiger partial charge in [0.1, 0.15) is 0 Å². The van der Waals surface area contributed by atoms with Gasteiger partial charge in [0.15, 0.2) is 0 Å². The first-order chi connectivity index (χ1) is 5.79. The first-order valence-electron chi connectivity index (χ1n) is 5.22. The molecule has 1 atom stereocenters. The summed E-state index contributed by atoms with van der Waals surface area (Å²) in [6.07, 6.45) is 2.77. The van der Waals surface area contributed by atoms with Gasteiger partial charge in [-0.1, -0.05) is 13.3 Å². The SMILES string of the molecule is CCC1CN(C2CCN(C)C2)C1. The largest absolute Gasteiger partial charge is 0.305 e. The van der Waals surface area contributed by atoms with E-state index in [1.165, 1.54) is 39.0 Å². The van der Waals surface area contributed by atoms with Crippen LogP contribution in [0.1, 0.15) is 19.8 Å². The highest BCUT2D eigenvalue weighted by molar-refractivity contribution is 4.89. The molecule has 70 valence electrons. The smallest absolute Gasteiger partial charge is 0.0235 e. The number of hydrogen-bond acceptors (Lipinski definition) is 2. The van der Waals surface area contributed by atoms with Crippen molar-refractivity contribution in [2.45, 2.75) is 25.8 Å². The topological polar surface area (TPSA) is 6.48 Å². The molecule has 2 fully saturated rings. The number of likely N-dealkylation sites (tertiary alicyclic amines) is 2. The number of likely N-dealkylation sites (N-methyl/N-ethyl adjacent to an activating group) is 1. The zero-order valence-electron chi connectivity index (χ0n) is 8.29. The van der Waals surface area contributed by atoms with Crippen LogP contribution in [0, 0.1) is 5.92 Å². The van der Waals surface area contributed by atoms with Crippen LogP contribution in [0.15, 0.2) is 0 Å². The molecule has 2 rings (SSSR count). The van der Waals surface area contributed by atoms with Crippen LogP contribution in [-0.4, -0.2) is 49.1 Å². The van der Waals surface area contributed by atoms with E-state index in [-0.39, 0.29) is 0 Å². The molecular formula is C10H20N2. The van der Waals surface area contributed by atoms with E-state index >= 15 is 0 Å². The molecule has 0 aliphatic carbocycles. The van der Waals surface area contributed by atoms with Crippen molar-refractivity contribution < 1.29 is 0 Å². The van der Waals surface area contributed by atoms with E-state index in [1.54, 1.807) is 0 Å². The number of rotatable bonds is 2. The Morgan fingerprint density at radius 3 is 2.50 bits per heavy atom. The van der Waals surface area contributed by atoms with Gasteiger partial charge in [-0.2, -0.15) is 0 Å². The van der Waals surface area contributed by atoms with Gasteiger partial charge in [0.05, 0.1) is 0 Å². The van der Waals surface area contributed by atoms with Crippen molar-refractivity contribution in [1.29, 1.82) is 0 Å². The maximum absolute atomic E-state index is 2.66. The van der Waals surface area contributed by atoms with E-state index in [0.29, 0.717) is 0 Å². The Hall–Kier alpha value is -0.0800. The van der Waals surface area contributed by atoms with Gasteiger partial charge in [-0.3, -0.25) is 4.90 Å². The first kappa shape index (κ1) is 8.52. The summed E-state index contributed by atoms with van der Waals surface area (Å²) in [6.45, 7) is 7.65. The van der Waals surface area contributed by atoms with Crippen LogP contribution in [-0.2, 0) is 0 Å². The molecule has 0 spiro atoms. The monoisotopic (exact) mass is 168 g/mol.